The quantitative estimate of drug-likeness (QED) is 0.738. The Bertz CT molecular complexity index is 850. The summed E-state index contributed by atoms with van der Waals surface area (Å²) in [5, 5.41) is 0. The molecule has 0 bridgehead atoms. The van der Waals surface area contributed by atoms with Crippen molar-refractivity contribution in [3.63, 3.8) is 0 Å². The Kier molecular flexibility index (Phi) is 5.02. The van der Waals surface area contributed by atoms with Crippen molar-refractivity contribution in [2.24, 2.45) is 16.3 Å². The molecule has 2 atom stereocenters. The molecule has 6 heteroatoms. The number of carbonyl (C=O) groups excluding carboxylic acids is 2. The largest absolute Gasteiger partial charge is 0.465 e. The second-order valence-electron chi connectivity index (χ2n) is 7.90. The van der Waals surface area contributed by atoms with E-state index in [1.54, 1.807) is 13.8 Å². The van der Waals surface area contributed by atoms with E-state index in [1.165, 1.54) is 6.07 Å². The van der Waals surface area contributed by atoms with Crippen LogP contribution in [0.3, 0.4) is 0 Å². The third-order valence-corrected chi connectivity index (χ3v) is 5.15. The summed E-state index contributed by atoms with van der Waals surface area (Å²) in [6, 6.07) is 3.54. The number of Topliss-reactive ketones (excluding diaryl/α,β-unsaturated/α-hetero) is 1. The zero-order valence-corrected chi connectivity index (χ0v) is 15.9. The van der Waals surface area contributed by atoms with Gasteiger partial charge in [-0.3, -0.25) is 14.6 Å². The van der Waals surface area contributed by atoms with Crippen molar-refractivity contribution in [2.75, 3.05) is 6.61 Å². The Hall–Kier alpha value is -2.37. The van der Waals surface area contributed by atoms with Gasteiger partial charge in [0.15, 0.2) is 5.78 Å². The molecule has 1 unspecified atom stereocenters. The maximum absolute atomic E-state index is 14.7. The average Bonchev–Trinajstić information content (AvgIpc) is 2.52. The number of halogens is 2. The summed E-state index contributed by atoms with van der Waals surface area (Å²) < 4.78 is 34.5. The SMILES string of the molecule is CCOC(=O)C1C(C)=NC2=C(C(=O)CC(C)(C)C2)[C@H]1c1c(F)cccc1F. The van der Waals surface area contributed by atoms with Crippen LogP contribution in [0, 0.1) is 23.0 Å². The number of nitrogens with zero attached hydrogens (tertiary/aromatic N) is 1. The first-order valence-electron chi connectivity index (χ1n) is 9.08. The maximum atomic E-state index is 14.7. The van der Waals surface area contributed by atoms with E-state index in [9.17, 15) is 18.4 Å². The monoisotopic (exact) mass is 375 g/mol. The topological polar surface area (TPSA) is 55.7 Å². The van der Waals surface area contributed by atoms with Gasteiger partial charge in [0.1, 0.15) is 17.6 Å². The van der Waals surface area contributed by atoms with E-state index in [0.717, 1.165) is 12.1 Å². The summed E-state index contributed by atoms with van der Waals surface area (Å²) in [7, 11) is 0. The molecule has 4 nitrogen and oxygen atoms in total. The highest BCUT2D eigenvalue weighted by Crippen LogP contribution is 2.48. The zero-order valence-electron chi connectivity index (χ0n) is 15.9. The van der Waals surface area contributed by atoms with Crippen molar-refractivity contribution in [3.05, 3.63) is 46.7 Å². The molecule has 144 valence electrons. The molecule has 1 aromatic carbocycles. The van der Waals surface area contributed by atoms with Crippen molar-refractivity contribution in [1.29, 1.82) is 0 Å². The van der Waals surface area contributed by atoms with Crippen molar-refractivity contribution in [3.8, 4) is 0 Å². The molecule has 27 heavy (non-hydrogen) atoms. The molecular weight excluding hydrogens is 352 g/mol. The lowest BCUT2D eigenvalue weighted by Gasteiger charge is -2.39. The predicted molar refractivity (Wildman–Crippen MR) is 97.4 cm³/mol. The molecule has 1 aliphatic heterocycles. The van der Waals surface area contributed by atoms with E-state index in [-0.39, 0.29) is 35.4 Å². The van der Waals surface area contributed by atoms with Crippen LogP contribution in [-0.4, -0.2) is 24.1 Å². The molecular formula is C21H23F2NO3. The second kappa shape index (κ2) is 6.98. The highest BCUT2D eigenvalue weighted by atomic mass is 19.1. The van der Waals surface area contributed by atoms with Crippen LogP contribution in [0.1, 0.15) is 52.0 Å². The first-order valence-corrected chi connectivity index (χ1v) is 9.08. The lowest BCUT2D eigenvalue weighted by Crippen LogP contribution is -2.40. The second-order valence-corrected chi connectivity index (χ2v) is 7.90. The van der Waals surface area contributed by atoms with Gasteiger partial charge >= 0.3 is 5.97 Å². The third kappa shape index (κ3) is 3.45. The fourth-order valence-electron chi connectivity index (χ4n) is 4.10. The van der Waals surface area contributed by atoms with Crippen LogP contribution in [0.5, 0.6) is 0 Å². The van der Waals surface area contributed by atoms with Crippen LogP contribution in [0.15, 0.2) is 34.5 Å². The molecule has 0 amide bonds. The highest BCUT2D eigenvalue weighted by molar-refractivity contribution is 6.09. The molecule has 3 rings (SSSR count). The summed E-state index contributed by atoms with van der Waals surface area (Å²) in [4.78, 5) is 30.1. The molecule has 0 aromatic heterocycles. The van der Waals surface area contributed by atoms with Gasteiger partial charge in [0.05, 0.1) is 6.61 Å². The van der Waals surface area contributed by atoms with E-state index >= 15 is 0 Å². The standard InChI is InChI=1S/C21H23F2NO3/c1-5-27-20(26)16-11(2)24-14-9-21(3,4)10-15(25)18(14)19(16)17-12(22)7-6-8-13(17)23/h6-8,16,19H,5,9-10H2,1-4H3/t16?,19-/m1/s1. The van der Waals surface area contributed by atoms with Crippen LogP contribution in [-0.2, 0) is 14.3 Å². The van der Waals surface area contributed by atoms with Crippen LogP contribution in [0.4, 0.5) is 8.78 Å². The molecule has 0 N–H and O–H groups in total. The fraction of sp³-hybridized carbons (Fsp3) is 0.476. The van der Waals surface area contributed by atoms with Gasteiger partial charge in [-0.15, -0.1) is 0 Å². The van der Waals surface area contributed by atoms with E-state index in [2.05, 4.69) is 4.99 Å². The van der Waals surface area contributed by atoms with Crippen molar-refractivity contribution in [2.45, 2.75) is 46.5 Å². The highest BCUT2D eigenvalue weighted by Gasteiger charge is 2.47. The summed E-state index contributed by atoms with van der Waals surface area (Å²) in [5.74, 6) is -4.52. The van der Waals surface area contributed by atoms with Gasteiger partial charge in [-0.05, 0) is 37.8 Å². The summed E-state index contributed by atoms with van der Waals surface area (Å²) in [6.07, 6.45) is 0.746. The average molecular weight is 375 g/mol. The Morgan fingerprint density at radius 3 is 2.48 bits per heavy atom. The van der Waals surface area contributed by atoms with Gasteiger partial charge in [-0.2, -0.15) is 0 Å². The number of hydrogen-bond donors (Lipinski definition) is 0. The number of ether oxygens (including phenoxy) is 1. The van der Waals surface area contributed by atoms with Gasteiger partial charge in [-0.1, -0.05) is 19.9 Å². The van der Waals surface area contributed by atoms with Gasteiger partial charge in [0.25, 0.3) is 0 Å². The number of hydrogen-bond acceptors (Lipinski definition) is 4. The minimum absolute atomic E-state index is 0.127. The molecule has 1 heterocycles. The maximum Gasteiger partial charge on any atom is 0.315 e. The number of benzene rings is 1. The Morgan fingerprint density at radius 2 is 1.89 bits per heavy atom. The fourth-order valence-corrected chi connectivity index (χ4v) is 4.10. The Labute approximate surface area is 157 Å². The molecule has 0 fully saturated rings. The third-order valence-electron chi connectivity index (χ3n) is 5.15. The van der Waals surface area contributed by atoms with Crippen molar-refractivity contribution < 1.29 is 23.1 Å². The number of carbonyl (C=O) groups is 2. The van der Waals surface area contributed by atoms with E-state index in [1.807, 2.05) is 13.8 Å². The molecule has 0 radical (unpaired) electrons. The van der Waals surface area contributed by atoms with Gasteiger partial charge < -0.3 is 4.74 Å². The molecule has 2 aliphatic rings. The molecule has 1 aromatic rings. The number of ketones is 1. The zero-order chi connectivity index (χ0) is 19.9. The number of rotatable bonds is 3. The smallest absolute Gasteiger partial charge is 0.315 e. The van der Waals surface area contributed by atoms with Crippen LogP contribution < -0.4 is 0 Å². The minimum Gasteiger partial charge on any atom is -0.465 e. The molecule has 0 saturated carbocycles. The first kappa shape index (κ1) is 19.4. The van der Waals surface area contributed by atoms with Crippen LogP contribution >= 0.6 is 0 Å². The lowest BCUT2D eigenvalue weighted by atomic mass is 9.66. The Balaban J connectivity index is 2.25. The first-order chi connectivity index (χ1) is 12.7. The summed E-state index contributed by atoms with van der Waals surface area (Å²) in [5.41, 5.74) is 0.592. The number of esters is 1. The molecule has 0 spiro atoms. The lowest BCUT2D eigenvalue weighted by molar-refractivity contribution is -0.146. The van der Waals surface area contributed by atoms with E-state index in [0.29, 0.717) is 17.8 Å². The summed E-state index contributed by atoms with van der Waals surface area (Å²) >= 11 is 0. The van der Waals surface area contributed by atoms with Gasteiger partial charge in [0, 0.05) is 34.9 Å². The van der Waals surface area contributed by atoms with E-state index < -0.39 is 29.4 Å². The number of aliphatic imine (C=N–C) groups is 1. The molecule has 0 saturated heterocycles. The van der Waals surface area contributed by atoms with Crippen LogP contribution in [0.25, 0.3) is 0 Å². The number of allylic oxidation sites excluding steroid dienone is 2. The summed E-state index contributed by atoms with van der Waals surface area (Å²) in [6.45, 7) is 7.33. The van der Waals surface area contributed by atoms with Crippen molar-refractivity contribution in [1.82, 2.24) is 0 Å². The van der Waals surface area contributed by atoms with E-state index in [4.69, 9.17) is 4.74 Å². The van der Waals surface area contributed by atoms with Gasteiger partial charge in [0.2, 0.25) is 0 Å². The normalized spacial score (nSPS) is 24.4. The molecule has 1 aliphatic carbocycles. The minimum atomic E-state index is -1.07. The predicted octanol–water partition coefficient (Wildman–Crippen LogP) is 4.35. The van der Waals surface area contributed by atoms with Crippen LogP contribution in [0.2, 0.25) is 0 Å². The van der Waals surface area contributed by atoms with Gasteiger partial charge in [-0.25, -0.2) is 8.78 Å². The Morgan fingerprint density at radius 1 is 1.26 bits per heavy atom. The van der Waals surface area contributed by atoms with Crippen molar-refractivity contribution >= 4 is 17.5 Å².